The van der Waals surface area contributed by atoms with Crippen molar-refractivity contribution in [1.29, 1.82) is 0 Å². The first-order valence-electron chi connectivity index (χ1n) is 14.7. The van der Waals surface area contributed by atoms with E-state index in [-0.39, 0.29) is 0 Å². The van der Waals surface area contributed by atoms with E-state index in [1.165, 1.54) is 123 Å². The Balaban J connectivity index is 0.000000679. The van der Waals surface area contributed by atoms with E-state index >= 15 is 0 Å². The minimum atomic E-state index is -0.653. The molecule has 0 unspecified atom stereocenters. The van der Waals surface area contributed by atoms with E-state index in [2.05, 4.69) is 16.7 Å². The number of rotatable bonds is 22. The minimum Gasteiger partial charge on any atom is -0.481 e. The number of aliphatic carboxylic acids is 1. The molecule has 0 spiro atoms. The number of piperazine rings is 1. The number of nitrogens with two attached hydrogens (primary N) is 2. The van der Waals surface area contributed by atoms with Crippen LogP contribution in [0.3, 0.4) is 0 Å². The molecule has 0 aromatic heterocycles. The number of hydrogen-bond donors (Lipinski definition) is 3. The highest BCUT2D eigenvalue weighted by Gasteiger charge is 2.15. The number of carboxylic acids is 1. The van der Waals surface area contributed by atoms with E-state index in [4.69, 9.17) is 16.6 Å². The molecule has 1 heterocycles. The number of carbonyl (C=O) groups is 1. The van der Waals surface area contributed by atoms with Gasteiger partial charge in [-0.25, -0.2) is 0 Å². The van der Waals surface area contributed by atoms with Gasteiger partial charge in [0.2, 0.25) is 0 Å². The summed E-state index contributed by atoms with van der Waals surface area (Å²) in [5.41, 5.74) is 11.0. The van der Waals surface area contributed by atoms with Crippen LogP contribution < -0.4 is 11.5 Å². The maximum absolute atomic E-state index is 10.3. The second-order valence-electron chi connectivity index (χ2n) is 10.1. The Kier molecular flexibility index (Phi) is 26.4. The van der Waals surface area contributed by atoms with Crippen molar-refractivity contribution < 1.29 is 9.90 Å². The number of hydrogen-bond acceptors (Lipinski definition) is 5. The quantitative estimate of drug-likeness (QED) is 0.172. The van der Waals surface area contributed by atoms with Crippen LogP contribution in [-0.4, -0.2) is 73.2 Å². The summed E-state index contributed by atoms with van der Waals surface area (Å²) in [5, 5.41) is 8.52. The lowest BCUT2D eigenvalue weighted by molar-refractivity contribution is -0.137. The zero-order valence-corrected chi connectivity index (χ0v) is 22.8. The molecule has 6 nitrogen and oxygen atoms in total. The van der Waals surface area contributed by atoms with Crippen LogP contribution in [0.5, 0.6) is 0 Å². The Hall–Kier alpha value is -0.690. The zero-order valence-electron chi connectivity index (χ0n) is 22.8. The summed E-state index contributed by atoms with van der Waals surface area (Å²) in [6.45, 7) is 11.0. The third kappa shape index (κ3) is 24.4. The highest BCUT2D eigenvalue weighted by Crippen LogP contribution is 2.13. The molecule has 1 saturated heterocycles. The van der Waals surface area contributed by atoms with Crippen LogP contribution in [-0.2, 0) is 4.79 Å². The Morgan fingerprint density at radius 2 is 0.912 bits per heavy atom. The van der Waals surface area contributed by atoms with E-state index in [1.807, 2.05) is 0 Å². The van der Waals surface area contributed by atoms with Crippen molar-refractivity contribution in [3.63, 3.8) is 0 Å². The van der Waals surface area contributed by atoms with Crippen molar-refractivity contribution in [2.75, 3.05) is 52.4 Å². The predicted molar refractivity (Wildman–Crippen MR) is 147 cm³/mol. The molecule has 1 rings (SSSR count). The summed E-state index contributed by atoms with van der Waals surface area (Å²) in [6, 6.07) is 0. The highest BCUT2D eigenvalue weighted by atomic mass is 16.4. The molecule has 0 bridgehead atoms. The molecule has 0 atom stereocenters. The second kappa shape index (κ2) is 26.9. The van der Waals surface area contributed by atoms with Gasteiger partial charge in [0.15, 0.2) is 0 Å². The molecule has 204 valence electrons. The average molecular weight is 485 g/mol. The van der Waals surface area contributed by atoms with Gasteiger partial charge in [-0.15, -0.1) is 0 Å². The van der Waals surface area contributed by atoms with E-state index in [9.17, 15) is 4.79 Å². The monoisotopic (exact) mass is 484 g/mol. The first kappa shape index (κ1) is 33.3. The predicted octanol–water partition coefficient (Wildman–Crippen LogP) is 5.63. The van der Waals surface area contributed by atoms with Gasteiger partial charge in [0.25, 0.3) is 0 Å². The van der Waals surface area contributed by atoms with Gasteiger partial charge in [0, 0.05) is 32.6 Å². The molecule has 1 fully saturated rings. The second-order valence-corrected chi connectivity index (χ2v) is 10.1. The fraction of sp³-hybridized carbons (Fsp3) is 0.964. The van der Waals surface area contributed by atoms with Crippen molar-refractivity contribution in [2.24, 2.45) is 11.5 Å². The SMILES string of the molecule is CCCCCCCCCCCCCCCCCC(=O)O.NCCCN1CCN(CCCN)CC1. The Morgan fingerprint density at radius 1 is 0.588 bits per heavy atom. The minimum absolute atomic E-state index is 0.345. The van der Waals surface area contributed by atoms with Crippen LogP contribution in [0.15, 0.2) is 0 Å². The Morgan fingerprint density at radius 3 is 1.21 bits per heavy atom. The molecular formula is C28H60N4O2. The van der Waals surface area contributed by atoms with Crippen molar-refractivity contribution in [1.82, 2.24) is 9.80 Å². The van der Waals surface area contributed by atoms with Gasteiger partial charge in [0.05, 0.1) is 0 Å². The lowest BCUT2D eigenvalue weighted by Crippen LogP contribution is -2.47. The van der Waals surface area contributed by atoms with Crippen molar-refractivity contribution in [3.05, 3.63) is 0 Å². The van der Waals surface area contributed by atoms with E-state index in [0.29, 0.717) is 6.42 Å². The molecule has 0 aliphatic carbocycles. The third-order valence-electron chi connectivity index (χ3n) is 6.82. The zero-order chi connectivity index (χ0) is 25.1. The molecule has 5 N–H and O–H groups in total. The van der Waals surface area contributed by atoms with Gasteiger partial charge in [-0.2, -0.15) is 0 Å². The van der Waals surface area contributed by atoms with E-state index < -0.39 is 5.97 Å². The van der Waals surface area contributed by atoms with Crippen LogP contribution in [0.4, 0.5) is 0 Å². The summed E-state index contributed by atoms with van der Waals surface area (Å²) in [6.07, 6.45) is 22.5. The van der Waals surface area contributed by atoms with Crippen LogP contribution >= 0.6 is 0 Å². The summed E-state index contributed by atoms with van der Waals surface area (Å²) in [4.78, 5) is 15.3. The maximum atomic E-state index is 10.3. The van der Waals surface area contributed by atoms with Crippen LogP contribution in [0, 0.1) is 0 Å². The maximum Gasteiger partial charge on any atom is 0.303 e. The van der Waals surface area contributed by atoms with Gasteiger partial charge >= 0.3 is 5.97 Å². The van der Waals surface area contributed by atoms with Gasteiger partial charge in [-0.1, -0.05) is 96.8 Å². The Labute approximate surface area is 212 Å². The molecule has 6 heteroatoms. The van der Waals surface area contributed by atoms with Gasteiger partial charge in [-0.3, -0.25) is 4.79 Å². The third-order valence-corrected chi connectivity index (χ3v) is 6.82. The topological polar surface area (TPSA) is 95.8 Å². The van der Waals surface area contributed by atoms with Gasteiger partial charge < -0.3 is 26.4 Å². The molecular weight excluding hydrogens is 424 g/mol. The molecule has 0 radical (unpaired) electrons. The molecule has 1 aliphatic rings. The molecule has 34 heavy (non-hydrogen) atoms. The number of unbranched alkanes of at least 4 members (excludes halogenated alkanes) is 14. The molecule has 0 aromatic rings. The lowest BCUT2D eigenvalue weighted by Gasteiger charge is -2.34. The summed E-state index contributed by atoms with van der Waals surface area (Å²) >= 11 is 0. The largest absolute Gasteiger partial charge is 0.481 e. The van der Waals surface area contributed by atoms with E-state index in [0.717, 1.165) is 38.8 Å². The fourth-order valence-electron chi connectivity index (χ4n) is 4.51. The molecule has 0 aromatic carbocycles. The van der Waals surface area contributed by atoms with Crippen molar-refractivity contribution in [3.8, 4) is 0 Å². The van der Waals surface area contributed by atoms with Crippen LogP contribution in [0.1, 0.15) is 122 Å². The van der Waals surface area contributed by atoms with E-state index in [1.54, 1.807) is 0 Å². The fourth-order valence-corrected chi connectivity index (χ4v) is 4.51. The standard InChI is InChI=1S/C18H36O2.C10H24N4/c1-2-3-4-5-6-7-8-9-10-11-12-13-14-15-16-17-18(19)20;11-3-1-5-13-7-9-14(10-8-13)6-2-4-12/h2-17H2,1H3,(H,19,20);1-12H2. The molecule has 0 amide bonds. The summed E-state index contributed by atoms with van der Waals surface area (Å²) in [5.74, 6) is -0.653. The van der Waals surface area contributed by atoms with Crippen molar-refractivity contribution in [2.45, 2.75) is 122 Å². The first-order chi connectivity index (χ1) is 16.6. The van der Waals surface area contributed by atoms with Crippen LogP contribution in [0.25, 0.3) is 0 Å². The average Bonchev–Trinajstić information content (AvgIpc) is 2.84. The molecule has 0 saturated carbocycles. The smallest absolute Gasteiger partial charge is 0.303 e. The molecule has 1 aliphatic heterocycles. The summed E-state index contributed by atoms with van der Waals surface area (Å²) in [7, 11) is 0. The normalized spacial score (nSPS) is 14.7. The summed E-state index contributed by atoms with van der Waals surface area (Å²) < 4.78 is 0. The van der Waals surface area contributed by atoms with Crippen molar-refractivity contribution >= 4 is 5.97 Å². The number of carboxylic acid groups (broad SMARTS) is 1. The van der Waals surface area contributed by atoms with Crippen LogP contribution in [0.2, 0.25) is 0 Å². The lowest BCUT2D eigenvalue weighted by atomic mass is 10.0. The Bertz CT molecular complexity index is 399. The van der Waals surface area contributed by atoms with Gasteiger partial charge in [-0.05, 0) is 45.4 Å². The first-order valence-corrected chi connectivity index (χ1v) is 14.7. The highest BCUT2D eigenvalue weighted by molar-refractivity contribution is 5.66. The number of nitrogens with zero attached hydrogens (tertiary/aromatic N) is 2. The van der Waals surface area contributed by atoms with Gasteiger partial charge in [0.1, 0.15) is 0 Å².